The minimum atomic E-state index is 0.204. The predicted molar refractivity (Wildman–Crippen MR) is 80.7 cm³/mol. The van der Waals surface area contributed by atoms with Gasteiger partial charge in [0.2, 0.25) is 0 Å². The number of halogens is 1. The zero-order valence-corrected chi connectivity index (χ0v) is 12.3. The number of likely N-dealkylation sites (N-methyl/N-ethyl adjacent to an activating group) is 1. The van der Waals surface area contributed by atoms with E-state index in [4.69, 9.17) is 11.6 Å². The summed E-state index contributed by atoms with van der Waals surface area (Å²) in [5.74, 6) is 0. The molecule has 0 aliphatic carbocycles. The van der Waals surface area contributed by atoms with Gasteiger partial charge < -0.3 is 5.32 Å². The number of aryl methyl sites for hydroxylation is 2. The van der Waals surface area contributed by atoms with Crippen molar-refractivity contribution in [2.45, 2.75) is 26.3 Å². The first-order valence-corrected chi connectivity index (χ1v) is 6.83. The van der Waals surface area contributed by atoms with Gasteiger partial charge in [-0.15, -0.1) is 0 Å². The number of rotatable bonds is 4. The van der Waals surface area contributed by atoms with Crippen LogP contribution < -0.4 is 5.32 Å². The van der Waals surface area contributed by atoms with Crippen molar-refractivity contribution < 1.29 is 0 Å². The Balaban J connectivity index is 2.32. The highest BCUT2D eigenvalue weighted by atomic mass is 35.5. The molecular weight excluding hydrogens is 256 g/mol. The number of nitrogens with one attached hydrogen (secondary N) is 1. The molecule has 0 spiro atoms. The molecule has 0 aliphatic heterocycles. The standard InChI is InChI=1S/C16H19ClN2/c1-11-5-4-6-12(2)14(11)9-16(18-3)13-7-8-19-10-15(13)17/h4-8,10,16,18H,9H2,1-3H3. The maximum Gasteiger partial charge on any atom is 0.0637 e. The third-order valence-corrected chi connectivity index (χ3v) is 3.90. The highest BCUT2D eigenvalue weighted by Gasteiger charge is 2.15. The molecule has 2 nitrogen and oxygen atoms in total. The second kappa shape index (κ2) is 6.18. The molecule has 19 heavy (non-hydrogen) atoms. The molecule has 1 N–H and O–H groups in total. The van der Waals surface area contributed by atoms with E-state index < -0.39 is 0 Å². The lowest BCUT2D eigenvalue weighted by molar-refractivity contribution is 0.588. The molecule has 2 aromatic rings. The number of nitrogens with zero attached hydrogens (tertiary/aromatic N) is 1. The summed E-state index contributed by atoms with van der Waals surface area (Å²) < 4.78 is 0. The first-order valence-electron chi connectivity index (χ1n) is 6.45. The van der Waals surface area contributed by atoms with Gasteiger partial charge in [0.15, 0.2) is 0 Å². The summed E-state index contributed by atoms with van der Waals surface area (Å²) >= 11 is 6.24. The normalized spacial score (nSPS) is 12.4. The fourth-order valence-corrected chi connectivity index (χ4v) is 2.66. The molecule has 0 aliphatic rings. The lowest BCUT2D eigenvalue weighted by atomic mass is 9.93. The minimum absolute atomic E-state index is 0.204. The van der Waals surface area contributed by atoms with E-state index >= 15 is 0 Å². The van der Waals surface area contributed by atoms with E-state index in [2.05, 4.69) is 42.3 Å². The Labute approximate surface area is 119 Å². The summed E-state index contributed by atoms with van der Waals surface area (Å²) in [7, 11) is 1.97. The molecule has 1 heterocycles. The summed E-state index contributed by atoms with van der Waals surface area (Å²) in [5.41, 5.74) is 5.13. The van der Waals surface area contributed by atoms with Crippen LogP contribution in [0.2, 0.25) is 5.02 Å². The van der Waals surface area contributed by atoms with Crippen LogP contribution in [0, 0.1) is 13.8 Å². The molecule has 0 bridgehead atoms. The summed E-state index contributed by atoms with van der Waals surface area (Å²) in [6, 6.07) is 8.60. The average Bonchev–Trinajstić information content (AvgIpc) is 2.40. The largest absolute Gasteiger partial charge is 0.313 e. The number of hydrogen-bond acceptors (Lipinski definition) is 2. The Morgan fingerprint density at radius 1 is 1.21 bits per heavy atom. The second-order valence-corrected chi connectivity index (χ2v) is 5.22. The third kappa shape index (κ3) is 3.14. The van der Waals surface area contributed by atoms with E-state index in [1.807, 2.05) is 13.1 Å². The molecule has 1 aromatic heterocycles. The van der Waals surface area contributed by atoms with Crippen molar-refractivity contribution in [3.63, 3.8) is 0 Å². The van der Waals surface area contributed by atoms with Gasteiger partial charge in [0.05, 0.1) is 5.02 Å². The highest BCUT2D eigenvalue weighted by molar-refractivity contribution is 6.31. The van der Waals surface area contributed by atoms with Crippen LogP contribution in [0.3, 0.4) is 0 Å². The molecular formula is C16H19ClN2. The maximum atomic E-state index is 6.24. The summed E-state index contributed by atoms with van der Waals surface area (Å²) in [6.07, 6.45) is 4.42. The fourth-order valence-electron chi connectivity index (χ4n) is 2.41. The van der Waals surface area contributed by atoms with Crippen molar-refractivity contribution in [2.24, 2.45) is 0 Å². The molecule has 0 saturated carbocycles. The molecule has 1 unspecified atom stereocenters. The molecule has 100 valence electrons. The van der Waals surface area contributed by atoms with E-state index in [9.17, 15) is 0 Å². The van der Waals surface area contributed by atoms with E-state index in [1.165, 1.54) is 16.7 Å². The number of hydrogen-bond donors (Lipinski definition) is 1. The summed E-state index contributed by atoms with van der Waals surface area (Å²) in [5, 5.41) is 4.07. The zero-order chi connectivity index (χ0) is 13.8. The average molecular weight is 275 g/mol. The van der Waals surface area contributed by atoms with Crippen LogP contribution >= 0.6 is 11.6 Å². The van der Waals surface area contributed by atoms with Crippen LogP contribution in [0.5, 0.6) is 0 Å². The molecule has 1 aromatic carbocycles. The summed E-state index contributed by atoms with van der Waals surface area (Å²) in [4.78, 5) is 4.04. The maximum absolute atomic E-state index is 6.24. The lowest BCUT2D eigenvalue weighted by Crippen LogP contribution is -2.20. The first-order chi connectivity index (χ1) is 9.13. The van der Waals surface area contributed by atoms with Crippen LogP contribution in [0.15, 0.2) is 36.7 Å². The topological polar surface area (TPSA) is 24.9 Å². The highest BCUT2D eigenvalue weighted by Crippen LogP contribution is 2.26. The SMILES string of the molecule is CNC(Cc1c(C)cccc1C)c1ccncc1Cl. The van der Waals surface area contributed by atoms with Gasteiger partial charge in [0.25, 0.3) is 0 Å². The van der Waals surface area contributed by atoms with Gasteiger partial charge in [-0.2, -0.15) is 0 Å². The van der Waals surface area contributed by atoms with Gasteiger partial charge in [-0.3, -0.25) is 4.98 Å². The van der Waals surface area contributed by atoms with Gasteiger partial charge in [-0.05, 0) is 55.6 Å². The number of benzene rings is 1. The van der Waals surface area contributed by atoms with E-state index in [1.54, 1.807) is 12.4 Å². The fraction of sp³-hybridized carbons (Fsp3) is 0.312. The van der Waals surface area contributed by atoms with Crippen molar-refractivity contribution in [1.29, 1.82) is 0 Å². The lowest BCUT2D eigenvalue weighted by Gasteiger charge is -2.20. The molecule has 1 atom stereocenters. The van der Waals surface area contributed by atoms with Crippen LogP contribution in [0.25, 0.3) is 0 Å². The number of aromatic nitrogens is 1. The van der Waals surface area contributed by atoms with E-state index in [0.29, 0.717) is 5.02 Å². The van der Waals surface area contributed by atoms with E-state index in [-0.39, 0.29) is 6.04 Å². The zero-order valence-electron chi connectivity index (χ0n) is 11.6. The van der Waals surface area contributed by atoms with Gasteiger partial charge in [-0.25, -0.2) is 0 Å². The van der Waals surface area contributed by atoms with Crippen molar-refractivity contribution in [3.05, 3.63) is 63.9 Å². The molecule has 0 fully saturated rings. The van der Waals surface area contributed by atoms with Gasteiger partial charge >= 0.3 is 0 Å². The molecule has 0 saturated heterocycles. The Kier molecular flexibility index (Phi) is 4.56. The summed E-state index contributed by atoms with van der Waals surface area (Å²) in [6.45, 7) is 4.31. The van der Waals surface area contributed by atoms with Crippen LogP contribution in [0.4, 0.5) is 0 Å². The molecule has 3 heteroatoms. The monoisotopic (exact) mass is 274 g/mol. The van der Waals surface area contributed by atoms with Crippen molar-refractivity contribution in [2.75, 3.05) is 7.05 Å². The van der Waals surface area contributed by atoms with Crippen molar-refractivity contribution >= 4 is 11.6 Å². The quantitative estimate of drug-likeness (QED) is 0.916. The van der Waals surface area contributed by atoms with Gasteiger partial charge in [-0.1, -0.05) is 29.8 Å². The molecule has 2 rings (SSSR count). The second-order valence-electron chi connectivity index (χ2n) is 4.81. The predicted octanol–water partition coefficient (Wildman–Crippen LogP) is 3.86. The third-order valence-electron chi connectivity index (χ3n) is 3.58. The van der Waals surface area contributed by atoms with Crippen LogP contribution in [0.1, 0.15) is 28.3 Å². The Morgan fingerprint density at radius 3 is 2.47 bits per heavy atom. The Hall–Kier alpha value is -1.38. The molecule has 0 radical (unpaired) electrons. The van der Waals surface area contributed by atoms with Gasteiger partial charge in [0.1, 0.15) is 0 Å². The number of pyridine rings is 1. The van der Waals surface area contributed by atoms with Crippen LogP contribution in [-0.2, 0) is 6.42 Å². The van der Waals surface area contributed by atoms with Gasteiger partial charge in [0, 0.05) is 18.4 Å². The van der Waals surface area contributed by atoms with Crippen molar-refractivity contribution in [1.82, 2.24) is 10.3 Å². The smallest absolute Gasteiger partial charge is 0.0637 e. The van der Waals surface area contributed by atoms with E-state index in [0.717, 1.165) is 12.0 Å². The minimum Gasteiger partial charge on any atom is -0.313 e. The Bertz CT molecular complexity index is 546. The van der Waals surface area contributed by atoms with Crippen LogP contribution in [-0.4, -0.2) is 12.0 Å². The Morgan fingerprint density at radius 2 is 1.89 bits per heavy atom. The first kappa shape index (κ1) is 14.0. The van der Waals surface area contributed by atoms with Crippen molar-refractivity contribution in [3.8, 4) is 0 Å². The molecule has 0 amide bonds.